The van der Waals surface area contributed by atoms with Gasteiger partial charge in [-0.05, 0) is 69.7 Å². The van der Waals surface area contributed by atoms with E-state index in [0.717, 1.165) is 54.5 Å². The van der Waals surface area contributed by atoms with Crippen molar-refractivity contribution in [1.29, 1.82) is 0 Å². The molecule has 0 bridgehead atoms. The summed E-state index contributed by atoms with van der Waals surface area (Å²) < 4.78 is 10.9. The highest BCUT2D eigenvalue weighted by Gasteiger charge is 2.22. The van der Waals surface area contributed by atoms with Crippen molar-refractivity contribution in [2.24, 2.45) is 0 Å². The van der Waals surface area contributed by atoms with E-state index < -0.39 is 0 Å². The van der Waals surface area contributed by atoms with Crippen LogP contribution in [0.15, 0.2) is 30.5 Å². The monoisotopic (exact) mass is 408 g/mol. The SMILES string of the molecule is CNCCN1CCC(c2cc3c(C)c(-c4ccc(OC)c(OC)c4)[nH]c3cn2)CC1. The molecule has 3 aromatic rings. The van der Waals surface area contributed by atoms with Crippen LogP contribution in [0.5, 0.6) is 11.5 Å². The van der Waals surface area contributed by atoms with Gasteiger partial charge >= 0.3 is 0 Å². The molecule has 0 amide bonds. The fourth-order valence-corrected chi connectivity index (χ4v) is 4.47. The van der Waals surface area contributed by atoms with Crippen molar-refractivity contribution in [3.63, 3.8) is 0 Å². The van der Waals surface area contributed by atoms with Crippen molar-refractivity contribution in [3.8, 4) is 22.8 Å². The lowest BCUT2D eigenvalue weighted by Gasteiger charge is -2.31. The number of nitrogens with zero attached hydrogens (tertiary/aromatic N) is 2. The summed E-state index contributed by atoms with van der Waals surface area (Å²) in [6.45, 7) is 6.65. The van der Waals surface area contributed by atoms with Crippen LogP contribution in [-0.4, -0.2) is 62.3 Å². The van der Waals surface area contributed by atoms with E-state index in [4.69, 9.17) is 14.5 Å². The average Bonchev–Trinajstić information content (AvgIpc) is 3.13. The molecule has 0 saturated carbocycles. The minimum atomic E-state index is 0.541. The second-order valence-corrected chi connectivity index (χ2v) is 8.07. The number of aromatic nitrogens is 2. The average molecular weight is 409 g/mol. The highest BCUT2D eigenvalue weighted by Crippen LogP contribution is 2.36. The van der Waals surface area contributed by atoms with Crippen molar-refractivity contribution >= 4 is 10.9 Å². The first kappa shape index (κ1) is 20.7. The summed E-state index contributed by atoms with van der Waals surface area (Å²) in [5.74, 6) is 2.01. The molecule has 0 radical (unpaired) electrons. The van der Waals surface area contributed by atoms with Crippen molar-refractivity contribution in [2.75, 3.05) is 47.4 Å². The first-order valence-corrected chi connectivity index (χ1v) is 10.7. The zero-order valence-electron chi connectivity index (χ0n) is 18.4. The third-order valence-corrected chi connectivity index (χ3v) is 6.32. The third kappa shape index (κ3) is 4.02. The fourth-order valence-electron chi connectivity index (χ4n) is 4.47. The zero-order valence-corrected chi connectivity index (χ0v) is 18.4. The van der Waals surface area contributed by atoms with Crippen LogP contribution in [0, 0.1) is 6.92 Å². The highest BCUT2D eigenvalue weighted by atomic mass is 16.5. The minimum Gasteiger partial charge on any atom is -0.493 e. The van der Waals surface area contributed by atoms with Gasteiger partial charge in [0.1, 0.15) is 0 Å². The number of aryl methyl sites for hydroxylation is 1. The van der Waals surface area contributed by atoms with E-state index in [-0.39, 0.29) is 0 Å². The molecule has 0 unspecified atom stereocenters. The number of pyridine rings is 1. The molecule has 6 heteroatoms. The number of likely N-dealkylation sites (N-methyl/N-ethyl adjacent to an activating group) is 1. The molecule has 1 aliphatic heterocycles. The van der Waals surface area contributed by atoms with Gasteiger partial charge in [-0.25, -0.2) is 0 Å². The number of ether oxygens (including phenoxy) is 2. The number of nitrogens with one attached hydrogen (secondary N) is 2. The molecule has 1 fully saturated rings. The van der Waals surface area contributed by atoms with E-state index in [1.165, 1.54) is 29.5 Å². The second kappa shape index (κ2) is 9.06. The number of rotatable bonds is 7. The number of methoxy groups -OCH3 is 2. The number of hydrogen-bond acceptors (Lipinski definition) is 5. The summed E-state index contributed by atoms with van der Waals surface area (Å²) in [6, 6.07) is 8.32. The van der Waals surface area contributed by atoms with Gasteiger partial charge < -0.3 is 24.7 Å². The molecule has 2 N–H and O–H groups in total. The lowest BCUT2D eigenvalue weighted by Crippen LogP contribution is -2.37. The molecule has 2 aromatic heterocycles. The van der Waals surface area contributed by atoms with E-state index in [2.05, 4.69) is 34.3 Å². The normalized spacial score (nSPS) is 15.6. The summed E-state index contributed by atoms with van der Waals surface area (Å²) in [7, 11) is 5.34. The van der Waals surface area contributed by atoms with Gasteiger partial charge in [0.2, 0.25) is 0 Å². The maximum absolute atomic E-state index is 5.48. The van der Waals surface area contributed by atoms with E-state index in [1.54, 1.807) is 14.2 Å². The summed E-state index contributed by atoms with van der Waals surface area (Å²) in [4.78, 5) is 10.9. The molecule has 0 spiro atoms. The summed E-state index contributed by atoms with van der Waals surface area (Å²) in [5, 5.41) is 4.49. The van der Waals surface area contributed by atoms with Gasteiger partial charge in [0, 0.05) is 41.3 Å². The van der Waals surface area contributed by atoms with Crippen LogP contribution in [0.3, 0.4) is 0 Å². The quantitative estimate of drug-likeness (QED) is 0.620. The van der Waals surface area contributed by atoms with Crippen molar-refractivity contribution in [1.82, 2.24) is 20.2 Å². The van der Waals surface area contributed by atoms with Crippen molar-refractivity contribution in [3.05, 3.63) is 41.7 Å². The van der Waals surface area contributed by atoms with Gasteiger partial charge in [-0.2, -0.15) is 0 Å². The van der Waals surface area contributed by atoms with E-state index in [1.807, 2.05) is 25.4 Å². The van der Waals surface area contributed by atoms with Crippen LogP contribution < -0.4 is 14.8 Å². The number of aromatic amines is 1. The van der Waals surface area contributed by atoms with E-state index in [0.29, 0.717) is 5.92 Å². The van der Waals surface area contributed by atoms with Crippen LogP contribution in [0.1, 0.15) is 30.0 Å². The highest BCUT2D eigenvalue weighted by molar-refractivity contribution is 5.90. The van der Waals surface area contributed by atoms with Gasteiger partial charge in [0.15, 0.2) is 11.5 Å². The molecular weight excluding hydrogens is 376 g/mol. The number of fused-ring (bicyclic) bond motifs is 1. The Kier molecular flexibility index (Phi) is 6.25. The predicted octanol–water partition coefficient (Wildman–Crippen LogP) is 3.95. The zero-order chi connectivity index (χ0) is 21.1. The van der Waals surface area contributed by atoms with Crippen molar-refractivity contribution < 1.29 is 9.47 Å². The number of piperidine rings is 1. The Hall–Kier alpha value is -2.57. The largest absolute Gasteiger partial charge is 0.493 e. The Morgan fingerprint density at radius 1 is 1.13 bits per heavy atom. The first-order chi connectivity index (χ1) is 14.6. The Balaban J connectivity index is 1.59. The molecular formula is C24H32N4O2. The Morgan fingerprint density at radius 2 is 1.90 bits per heavy atom. The molecule has 30 heavy (non-hydrogen) atoms. The summed E-state index contributed by atoms with van der Waals surface area (Å²) in [6.07, 6.45) is 4.34. The molecule has 6 nitrogen and oxygen atoms in total. The third-order valence-electron chi connectivity index (χ3n) is 6.32. The molecule has 1 aliphatic rings. The summed E-state index contributed by atoms with van der Waals surface area (Å²) in [5.41, 5.74) is 5.73. The molecule has 160 valence electrons. The number of likely N-dealkylation sites (tertiary alicyclic amines) is 1. The van der Waals surface area contributed by atoms with Crippen LogP contribution in [-0.2, 0) is 0 Å². The molecule has 1 saturated heterocycles. The van der Waals surface area contributed by atoms with Crippen LogP contribution in [0.4, 0.5) is 0 Å². The summed E-state index contributed by atoms with van der Waals surface area (Å²) >= 11 is 0. The van der Waals surface area contributed by atoms with E-state index >= 15 is 0 Å². The fraction of sp³-hybridized carbons (Fsp3) is 0.458. The maximum atomic E-state index is 5.48. The molecule has 0 atom stereocenters. The molecule has 3 heterocycles. The lowest BCUT2D eigenvalue weighted by molar-refractivity contribution is 0.212. The van der Waals surface area contributed by atoms with Crippen LogP contribution in [0.25, 0.3) is 22.2 Å². The standard InChI is InChI=1S/C24H32N4O2/c1-16-19-14-20(17-7-10-28(11-8-17)12-9-25-2)26-15-21(19)27-24(16)18-5-6-22(29-3)23(13-18)30-4/h5-6,13-15,17,25,27H,7-12H2,1-4H3. The van der Waals surface area contributed by atoms with Gasteiger partial charge in [-0.3, -0.25) is 4.98 Å². The first-order valence-electron chi connectivity index (χ1n) is 10.7. The predicted molar refractivity (Wildman–Crippen MR) is 122 cm³/mol. The van der Waals surface area contributed by atoms with E-state index in [9.17, 15) is 0 Å². The Labute approximate surface area is 178 Å². The van der Waals surface area contributed by atoms with Crippen LogP contribution in [0.2, 0.25) is 0 Å². The lowest BCUT2D eigenvalue weighted by atomic mass is 9.92. The Bertz CT molecular complexity index is 1010. The number of benzene rings is 1. The Morgan fingerprint density at radius 3 is 2.60 bits per heavy atom. The molecule has 0 aliphatic carbocycles. The topological polar surface area (TPSA) is 62.4 Å². The minimum absolute atomic E-state index is 0.541. The molecule has 1 aromatic carbocycles. The van der Waals surface area contributed by atoms with Gasteiger partial charge in [0.05, 0.1) is 25.9 Å². The van der Waals surface area contributed by atoms with Crippen LogP contribution >= 0.6 is 0 Å². The number of H-pyrrole nitrogens is 1. The molecule has 4 rings (SSSR count). The van der Waals surface area contributed by atoms with Gasteiger partial charge in [0.25, 0.3) is 0 Å². The maximum Gasteiger partial charge on any atom is 0.161 e. The van der Waals surface area contributed by atoms with Crippen molar-refractivity contribution in [2.45, 2.75) is 25.7 Å². The second-order valence-electron chi connectivity index (χ2n) is 8.07. The van der Waals surface area contributed by atoms with Gasteiger partial charge in [-0.15, -0.1) is 0 Å². The smallest absolute Gasteiger partial charge is 0.161 e. The van der Waals surface area contributed by atoms with Gasteiger partial charge in [-0.1, -0.05) is 0 Å². The number of hydrogen-bond donors (Lipinski definition) is 2.